The monoisotopic (exact) mass is 280 g/mol. The van der Waals surface area contributed by atoms with Gasteiger partial charge in [0.05, 0.1) is 17.5 Å². The largest absolute Gasteiger partial charge is 0.347 e. The Morgan fingerprint density at radius 3 is 2.86 bits per heavy atom. The van der Waals surface area contributed by atoms with E-state index >= 15 is 0 Å². The molecule has 1 N–H and O–H groups in total. The maximum atomic E-state index is 12.8. The molecular weight excluding hydrogens is 264 g/mol. The highest BCUT2D eigenvalue weighted by Gasteiger charge is 2.39. The zero-order chi connectivity index (χ0) is 14.6. The van der Waals surface area contributed by atoms with E-state index in [0.717, 1.165) is 34.5 Å². The van der Waals surface area contributed by atoms with Crippen molar-refractivity contribution in [3.05, 3.63) is 48.0 Å². The predicted molar refractivity (Wildman–Crippen MR) is 81.4 cm³/mol. The van der Waals surface area contributed by atoms with E-state index in [9.17, 15) is 4.79 Å². The number of carbonyl (C=O) groups is 1. The lowest BCUT2D eigenvalue weighted by Crippen LogP contribution is -2.30. The molecule has 0 radical (unpaired) electrons. The molecule has 1 unspecified atom stereocenters. The zero-order valence-electron chi connectivity index (χ0n) is 12.0. The molecule has 1 atom stereocenters. The first-order chi connectivity index (χ1) is 10.2. The molecule has 0 saturated heterocycles. The van der Waals surface area contributed by atoms with Gasteiger partial charge >= 0.3 is 0 Å². The molecule has 1 amide bonds. The SMILES string of the molecule is CCC1N(c2nc[nH]c2C)C(=O)c2cc3ccccc3n21. The molecule has 3 aromatic rings. The summed E-state index contributed by atoms with van der Waals surface area (Å²) in [5.74, 6) is 0.743. The van der Waals surface area contributed by atoms with Crippen molar-refractivity contribution >= 4 is 22.6 Å². The molecular formula is C16H16N4O. The van der Waals surface area contributed by atoms with Crippen molar-refractivity contribution in [1.82, 2.24) is 14.5 Å². The van der Waals surface area contributed by atoms with Crippen LogP contribution in [0.4, 0.5) is 5.82 Å². The number of nitrogens with one attached hydrogen (secondary N) is 1. The van der Waals surface area contributed by atoms with Gasteiger partial charge in [0.15, 0.2) is 5.82 Å². The minimum absolute atomic E-state index is 0.0191. The summed E-state index contributed by atoms with van der Waals surface area (Å²) in [6.07, 6.45) is 2.45. The van der Waals surface area contributed by atoms with Gasteiger partial charge in [-0.05, 0) is 25.5 Å². The highest BCUT2D eigenvalue weighted by molar-refractivity contribution is 6.10. The molecule has 5 heteroatoms. The molecule has 1 aliphatic heterocycles. The number of imidazole rings is 1. The number of carbonyl (C=O) groups excluding carboxylic acids is 1. The van der Waals surface area contributed by atoms with Crippen LogP contribution >= 0.6 is 0 Å². The van der Waals surface area contributed by atoms with Gasteiger partial charge in [0.1, 0.15) is 11.9 Å². The molecule has 0 spiro atoms. The summed E-state index contributed by atoms with van der Waals surface area (Å²) in [5.41, 5.74) is 2.76. The number of benzene rings is 1. The van der Waals surface area contributed by atoms with Gasteiger partial charge in [0.25, 0.3) is 5.91 Å². The third-order valence-corrected chi connectivity index (χ3v) is 4.18. The topological polar surface area (TPSA) is 53.9 Å². The molecule has 2 aromatic heterocycles. The van der Waals surface area contributed by atoms with Crippen molar-refractivity contribution in [3.8, 4) is 0 Å². The van der Waals surface area contributed by atoms with E-state index in [4.69, 9.17) is 0 Å². The first-order valence-corrected chi connectivity index (χ1v) is 7.16. The average Bonchev–Trinajstić information content (AvgIpc) is 3.13. The molecule has 106 valence electrons. The van der Waals surface area contributed by atoms with Crippen LogP contribution in [-0.2, 0) is 0 Å². The fraction of sp³-hybridized carbons (Fsp3) is 0.250. The summed E-state index contributed by atoms with van der Waals surface area (Å²) in [5, 5.41) is 1.11. The van der Waals surface area contributed by atoms with Gasteiger partial charge < -0.3 is 9.55 Å². The lowest BCUT2D eigenvalue weighted by molar-refractivity contribution is 0.0990. The molecule has 21 heavy (non-hydrogen) atoms. The number of hydrogen-bond donors (Lipinski definition) is 1. The third-order valence-electron chi connectivity index (χ3n) is 4.18. The number of aryl methyl sites for hydroxylation is 1. The van der Waals surface area contributed by atoms with E-state index in [0.29, 0.717) is 0 Å². The van der Waals surface area contributed by atoms with Crippen molar-refractivity contribution in [2.45, 2.75) is 26.4 Å². The predicted octanol–water partition coefficient (Wildman–Crippen LogP) is 3.24. The number of hydrogen-bond acceptors (Lipinski definition) is 2. The Morgan fingerprint density at radius 2 is 2.14 bits per heavy atom. The van der Waals surface area contributed by atoms with Gasteiger partial charge in [-0.15, -0.1) is 0 Å². The van der Waals surface area contributed by atoms with Crippen LogP contribution in [0.15, 0.2) is 36.7 Å². The second-order valence-electron chi connectivity index (χ2n) is 5.37. The summed E-state index contributed by atoms with van der Waals surface area (Å²) >= 11 is 0. The molecule has 0 aliphatic carbocycles. The van der Waals surface area contributed by atoms with Gasteiger partial charge in [-0.2, -0.15) is 0 Å². The van der Waals surface area contributed by atoms with Crippen LogP contribution in [0.25, 0.3) is 10.9 Å². The van der Waals surface area contributed by atoms with E-state index < -0.39 is 0 Å². The summed E-state index contributed by atoms with van der Waals surface area (Å²) in [4.78, 5) is 22.0. The smallest absolute Gasteiger partial charge is 0.277 e. The van der Waals surface area contributed by atoms with Crippen molar-refractivity contribution < 1.29 is 4.79 Å². The van der Waals surface area contributed by atoms with Crippen LogP contribution in [-0.4, -0.2) is 20.4 Å². The van der Waals surface area contributed by atoms with Crippen LogP contribution < -0.4 is 4.90 Å². The van der Waals surface area contributed by atoms with Crippen molar-refractivity contribution in [2.75, 3.05) is 4.90 Å². The fourth-order valence-corrected chi connectivity index (χ4v) is 3.23. The fourth-order valence-electron chi connectivity index (χ4n) is 3.23. The second kappa shape index (κ2) is 4.22. The summed E-state index contributed by atoms with van der Waals surface area (Å²) in [6.45, 7) is 4.03. The quantitative estimate of drug-likeness (QED) is 0.783. The number of aromatic nitrogens is 3. The molecule has 0 saturated carbocycles. The number of amides is 1. The van der Waals surface area contributed by atoms with E-state index in [-0.39, 0.29) is 12.1 Å². The van der Waals surface area contributed by atoms with Gasteiger partial charge in [0.2, 0.25) is 0 Å². The number of aromatic amines is 1. The number of anilines is 1. The van der Waals surface area contributed by atoms with Gasteiger partial charge in [-0.25, -0.2) is 4.98 Å². The Balaban J connectivity index is 1.95. The van der Waals surface area contributed by atoms with E-state index in [1.54, 1.807) is 11.2 Å². The first kappa shape index (κ1) is 12.2. The molecule has 4 rings (SSSR count). The van der Waals surface area contributed by atoms with Crippen LogP contribution in [0.2, 0.25) is 0 Å². The highest BCUT2D eigenvalue weighted by Crippen LogP contribution is 2.38. The molecule has 3 heterocycles. The van der Waals surface area contributed by atoms with Crippen LogP contribution in [0.5, 0.6) is 0 Å². The normalized spacial score (nSPS) is 17.7. The first-order valence-electron chi connectivity index (χ1n) is 7.16. The molecule has 1 aliphatic rings. The van der Waals surface area contributed by atoms with Crippen LogP contribution in [0.3, 0.4) is 0 Å². The Morgan fingerprint density at radius 1 is 1.33 bits per heavy atom. The Hall–Kier alpha value is -2.56. The Labute approximate surface area is 122 Å². The molecule has 0 fully saturated rings. The van der Waals surface area contributed by atoms with Gasteiger partial charge in [0, 0.05) is 5.39 Å². The zero-order valence-corrected chi connectivity index (χ0v) is 12.0. The Bertz CT molecular complexity index is 845. The number of nitrogens with zero attached hydrogens (tertiary/aromatic N) is 3. The maximum Gasteiger partial charge on any atom is 0.277 e. The number of H-pyrrole nitrogens is 1. The lowest BCUT2D eigenvalue weighted by atomic mass is 10.2. The van der Waals surface area contributed by atoms with Crippen molar-refractivity contribution in [1.29, 1.82) is 0 Å². The van der Waals surface area contributed by atoms with Crippen LogP contribution in [0.1, 0.15) is 35.7 Å². The highest BCUT2D eigenvalue weighted by atomic mass is 16.2. The van der Waals surface area contributed by atoms with Gasteiger partial charge in [-0.1, -0.05) is 25.1 Å². The Kier molecular flexibility index (Phi) is 2.45. The van der Waals surface area contributed by atoms with E-state index in [1.165, 1.54) is 0 Å². The van der Waals surface area contributed by atoms with Crippen molar-refractivity contribution in [3.63, 3.8) is 0 Å². The van der Waals surface area contributed by atoms with Gasteiger partial charge in [-0.3, -0.25) is 9.69 Å². The third kappa shape index (κ3) is 1.51. The standard InChI is InChI=1S/C16H16N4O/c1-3-14-19-12-7-5-4-6-11(12)8-13(19)16(21)20(14)15-10(2)17-9-18-15/h4-9,14H,3H2,1-2H3,(H,17,18). The molecule has 0 bridgehead atoms. The number of para-hydroxylation sites is 1. The lowest BCUT2D eigenvalue weighted by Gasteiger charge is -2.24. The summed E-state index contributed by atoms with van der Waals surface area (Å²) in [7, 11) is 0. The van der Waals surface area contributed by atoms with Crippen molar-refractivity contribution in [2.24, 2.45) is 0 Å². The van der Waals surface area contributed by atoms with Crippen LogP contribution in [0, 0.1) is 6.92 Å². The second-order valence-corrected chi connectivity index (χ2v) is 5.37. The number of fused-ring (bicyclic) bond motifs is 3. The average molecular weight is 280 g/mol. The minimum atomic E-state index is -0.0191. The van der Waals surface area contributed by atoms with E-state index in [1.807, 2.05) is 31.2 Å². The summed E-state index contributed by atoms with van der Waals surface area (Å²) in [6, 6.07) is 10.1. The maximum absolute atomic E-state index is 12.8. The minimum Gasteiger partial charge on any atom is -0.347 e. The van der Waals surface area contributed by atoms with E-state index in [2.05, 4.69) is 27.5 Å². The molecule has 1 aromatic carbocycles. The summed E-state index contributed by atoms with van der Waals surface area (Å²) < 4.78 is 2.13. The molecule has 5 nitrogen and oxygen atoms in total. The number of rotatable bonds is 2.